The average molecular weight is 356 g/mol. The van der Waals surface area contributed by atoms with Crippen molar-refractivity contribution in [1.29, 1.82) is 0 Å². The molecule has 0 bridgehead atoms. The number of sulfonamides is 1. The van der Waals surface area contributed by atoms with Crippen molar-refractivity contribution in [2.24, 2.45) is 7.05 Å². The van der Waals surface area contributed by atoms with Gasteiger partial charge in [-0.2, -0.15) is 0 Å². The minimum Gasteiger partial charge on any atom is -0.278 e. The Kier molecular flexibility index (Phi) is 5.89. The number of hydrogen-bond donors (Lipinski definition) is 1. The average Bonchev–Trinajstić information content (AvgIpc) is 2.82. The molecule has 0 saturated heterocycles. The minimum absolute atomic E-state index is 0.0709. The van der Waals surface area contributed by atoms with E-state index in [1.165, 1.54) is 33.5 Å². The van der Waals surface area contributed by atoms with Gasteiger partial charge in [0, 0.05) is 19.2 Å². The molecular formula is C15H21FN4O3S. The van der Waals surface area contributed by atoms with Crippen molar-refractivity contribution >= 4 is 10.0 Å². The fraction of sp³-hybridized carbons (Fsp3) is 0.467. The summed E-state index contributed by atoms with van der Waals surface area (Å²) in [4.78, 5) is 12.2. The zero-order valence-electron chi connectivity index (χ0n) is 13.7. The van der Waals surface area contributed by atoms with Crippen molar-refractivity contribution in [3.63, 3.8) is 0 Å². The van der Waals surface area contributed by atoms with E-state index < -0.39 is 10.0 Å². The van der Waals surface area contributed by atoms with Gasteiger partial charge in [0.2, 0.25) is 10.0 Å². The first-order valence-corrected chi connectivity index (χ1v) is 9.36. The molecule has 0 aliphatic heterocycles. The van der Waals surface area contributed by atoms with Crippen LogP contribution in [-0.4, -0.2) is 35.1 Å². The Hall–Kier alpha value is -2.00. The summed E-state index contributed by atoms with van der Waals surface area (Å²) >= 11 is 0. The molecule has 0 aliphatic rings. The lowest BCUT2D eigenvalue weighted by molar-refractivity contribution is 0.549. The summed E-state index contributed by atoms with van der Waals surface area (Å²) in [5.74, 6) is 0.0973. The first-order valence-electron chi connectivity index (χ1n) is 7.71. The molecule has 1 aromatic carbocycles. The molecule has 24 heavy (non-hydrogen) atoms. The molecule has 0 unspecified atom stereocenters. The van der Waals surface area contributed by atoms with Crippen molar-refractivity contribution in [2.45, 2.75) is 26.3 Å². The van der Waals surface area contributed by atoms with Gasteiger partial charge >= 0.3 is 5.69 Å². The molecule has 0 amide bonds. The van der Waals surface area contributed by atoms with Gasteiger partial charge in [-0.25, -0.2) is 27.0 Å². The molecule has 0 saturated carbocycles. The maximum absolute atomic E-state index is 13.0. The van der Waals surface area contributed by atoms with Crippen LogP contribution in [0.1, 0.15) is 19.8 Å². The van der Waals surface area contributed by atoms with Crippen molar-refractivity contribution < 1.29 is 12.8 Å². The maximum atomic E-state index is 13.0. The summed E-state index contributed by atoms with van der Waals surface area (Å²) in [7, 11) is -1.76. The number of nitrogens with zero attached hydrogens (tertiary/aromatic N) is 3. The molecule has 0 spiro atoms. The van der Waals surface area contributed by atoms with Crippen LogP contribution in [0.4, 0.5) is 4.39 Å². The van der Waals surface area contributed by atoms with E-state index in [9.17, 15) is 17.6 Å². The van der Waals surface area contributed by atoms with Crippen LogP contribution in [-0.2, 0) is 23.6 Å². The van der Waals surface area contributed by atoms with E-state index >= 15 is 0 Å². The van der Waals surface area contributed by atoms with Crippen LogP contribution in [0.25, 0.3) is 11.4 Å². The van der Waals surface area contributed by atoms with E-state index in [2.05, 4.69) is 9.82 Å². The standard InChI is InChI=1S/C15H21FN4O3S/c1-3-4-11-24(22,23)17-9-10-20-15(21)19(2)14(18-20)12-5-7-13(16)8-6-12/h5-8,17H,3-4,9-11H2,1-2H3. The van der Waals surface area contributed by atoms with E-state index in [0.717, 1.165) is 6.42 Å². The Morgan fingerprint density at radius 2 is 1.92 bits per heavy atom. The van der Waals surface area contributed by atoms with E-state index in [1.807, 2.05) is 6.92 Å². The third kappa shape index (κ3) is 4.51. The Labute approximate surface area is 140 Å². The molecule has 1 heterocycles. The van der Waals surface area contributed by atoms with Crippen LogP contribution in [0.5, 0.6) is 0 Å². The normalized spacial score (nSPS) is 11.8. The predicted octanol–water partition coefficient (Wildman–Crippen LogP) is 1.11. The lowest BCUT2D eigenvalue weighted by Crippen LogP contribution is -2.33. The SMILES string of the molecule is CCCCS(=O)(=O)NCCn1nc(-c2ccc(F)cc2)n(C)c1=O. The summed E-state index contributed by atoms with van der Waals surface area (Å²) in [6, 6.07) is 5.66. The van der Waals surface area contributed by atoms with Crippen LogP contribution < -0.4 is 10.4 Å². The van der Waals surface area contributed by atoms with Gasteiger partial charge in [-0.05, 0) is 30.7 Å². The van der Waals surface area contributed by atoms with Crippen LogP contribution in [0, 0.1) is 5.82 Å². The number of aromatic nitrogens is 3. The highest BCUT2D eigenvalue weighted by Crippen LogP contribution is 2.15. The maximum Gasteiger partial charge on any atom is 0.345 e. The second kappa shape index (κ2) is 7.71. The third-order valence-corrected chi connectivity index (χ3v) is 5.03. The van der Waals surface area contributed by atoms with Crippen LogP contribution in [0.3, 0.4) is 0 Å². The molecular weight excluding hydrogens is 335 g/mol. The fourth-order valence-electron chi connectivity index (χ4n) is 2.20. The molecule has 1 N–H and O–H groups in total. The lowest BCUT2D eigenvalue weighted by Gasteiger charge is -2.05. The van der Waals surface area contributed by atoms with Crippen molar-refractivity contribution in [2.75, 3.05) is 12.3 Å². The number of nitrogens with one attached hydrogen (secondary N) is 1. The minimum atomic E-state index is -3.33. The Bertz CT molecular complexity index is 841. The summed E-state index contributed by atoms with van der Waals surface area (Å²) in [5, 5.41) is 4.20. The topological polar surface area (TPSA) is 86.0 Å². The summed E-state index contributed by atoms with van der Waals surface area (Å²) in [6.45, 7) is 2.13. The monoisotopic (exact) mass is 356 g/mol. The van der Waals surface area contributed by atoms with Gasteiger partial charge in [0.25, 0.3) is 0 Å². The van der Waals surface area contributed by atoms with E-state index in [0.29, 0.717) is 17.8 Å². The molecule has 132 valence electrons. The smallest absolute Gasteiger partial charge is 0.278 e. The Balaban J connectivity index is 2.09. The highest BCUT2D eigenvalue weighted by molar-refractivity contribution is 7.89. The van der Waals surface area contributed by atoms with Crippen LogP contribution in [0.15, 0.2) is 29.1 Å². The van der Waals surface area contributed by atoms with E-state index in [1.54, 1.807) is 7.05 Å². The van der Waals surface area contributed by atoms with Gasteiger partial charge < -0.3 is 0 Å². The number of benzene rings is 1. The quantitative estimate of drug-likeness (QED) is 0.768. The summed E-state index contributed by atoms with van der Waals surface area (Å²) in [6.07, 6.45) is 1.38. The number of hydrogen-bond acceptors (Lipinski definition) is 4. The number of halogens is 1. The van der Waals surface area contributed by atoms with E-state index in [-0.39, 0.29) is 30.3 Å². The van der Waals surface area contributed by atoms with E-state index in [4.69, 9.17) is 0 Å². The molecule has 1 aromatic heterocycles. The fourth-order valence-corrected chi connectivity index (χ4v) is 3.41. The second-order valence-corrected chi connectivity index (χ2v) is 7.39. The lowest BCUT2D eigenvalue weighted by atomic mass is 10.2. The van der Waals surface area contributed by atoms with Crippen molar-refractivity contribution in [3.05, 3.63) is 40.6 Å². The highest BCUT2D eigenvalue weighted by atomic mass is 32.2. The van der Waals surface area contributed by atoms with Gasteiger partial charge in [0.15, 0.2) is 5.82 Å². The summed E-state index contributed by atoms with van der Waals surface area (Å²) in [5.41, 5.74) is 0.250. The highest BCUT2D eigenvalue weighted by Gasteiger charge is 2.13. The molecule has 0 atom stereocenters. The number of rotatable bonds is 8. The van der Waals surface area contributed by atoms with Crippen LogP contribution in [0.2, 0.25) is 0 Å². The zero-order chi connectivity index (χ0) is 17.7. The summed E-state index contributed by atoms with van der Waals surface area (Å²) < 4.78 is 41.5. The largest absolute Gasteiger partial charge is 0.345 e. The van der Waals surface area contributed by atoms with Gasteiger partial charge in [-0.1, -0.05) is 13.3 Å². The molecule has 2 aromatic rings. The molecule has 0 aliphatic carbocycles. The second-order valence-electron chi connectivity index (χ2n) is 5.46. The number of unbranched alkanes of at least 4 members (excludes halogenated alkanes) is 1. The van der Waals surface area contributed by atoms with Crippen molar-refractivity contribution in [1.82, 2.24) is 19.1 Å². The molecule has 7 nitrogen and oxygen atoms in total. The molecule has 9 heteroatoms. The first kappa shape index (κ1) is 18.3. The Morgan fingerprint density at radius 1 is 1.25 bits per heavy atom. The van der Waals surface area contributed by atoms with Gasteiger partial charge in [-0.3, -0.25) is 4.57 Å². The zero-order valence-corrected chi connectivity index (χ0v) is 14.5. The van der Waals surface area contributed by atoms with Crippen molar-refractivity contribution in [3.8, 4) is 11.4 Å². The van der Waals surface area contributed by atoms with Crippen LogP contribution >= 0.6 is 0 Å². The Morgan fingerprint density at radius 3 is 2.54 bits per heavy atom. The molecule has 0 fully saturated rings. The predicted molar refractivity (Wildman–Crippen MR) is 89.6 cm³/mol. The van der Waals surface area contributed by atoms with Gasteiger partial charge in [-0.15, -0.1) is 5.10 Å². The van der Waals surface area contributed by atoms with Gasteiger partial charge in [0.05, 0.1) is 12.3 Å². The molecule has 0 radical (unpaired) electrons. The third-order valence-electron chi connectivity index (χ3n) is 3.56. The molecule has 2 rings (SSSR count). The first-order chi connectivity index (χ1) is 11.3. The van der Waals surface area contributed by atoms with Gasteiger partial charge in [0.1, 0.15) is 5.82 Å².